The minimum atomic E-state index is -0.0977. The molecule has 1 aromatic heterocycles. The summed E-state index contributed by atoms with van der Waals surface area (Å²) in [6.45, 7) is 1.88. The highest BCUT2D eigenvalue weighted by molar-refractivity contribution is 7.18. The highest BCUT2D eigenvalue weighted by atomic mass is 35.5. The molecule has 0 fully saturated rings. The average molecular weight is 297 g/mol. The number of ketones is 1. The third kappa shape index (κ3) is 2.74. The summed E-state index contributed by atoms with van der Waals surface area (Å²) in [5.41, 5.74) is 1.41. The number of halogens is 1. The van der Waals surface area contributed by atoms with Crippen molar-refractivity contribution < 1.29 is 14.3 Å². The van der Waals surface area contributed by atoms with E-state index in [0.29, 0.717) is 26.3 Å². The van der Waals surface area contributed by atoms with Crippen molar-refractivity contribution in [2.45, 2.75) is 6.92 Å². The third-order valence-corrected chi connectivity index (χ3v) is 4.29. The van der Waals surface area contributed by atoms with Crippen molar-refractivity contribution in [3.05, 3.63) is 44.6 Å². The Labute approximate surface area is 120 Å². The largest absolute Gasteiger partial charge is 0.497 e. The topological polar surface area (TPSA) is 35.5 Å². The minimum Gasteiger partial charge on any atom is -0.497 e. The molecule has 3 nitrogen and oxygen atoms in total. The lowest BCUT2D eigenvalue weighted by atomic mass is 10.1. The number of thiophene rings is 1. The summed E-state index contributed by atoms with van der Waals surface area (Å²) >= 11 is 7.27. The summed E-state index contributed by atoms with van der Waals surface area (Å²) in [4.78, 5) is 13.0. The molecule has 0 radical (unpaired) electrons. The third-order valence-electron chi connectivity index (χ3n) is 2.73. The number of rotatable bonds is 4. The molecule has 0 saturated carbocycles. The molecular weight excluding hydrogens is 284 g/mol. The molecule has 0 unspecified atom stereocenters. The monoisotopic (exact) mass is 296 g/mol. The van der Waals surface area contributed by atoms with Crippen LogP contribution in [0.15, 0.2) is 24.3 Å². The molecule has 2 rings (SSSR count). The van der Waals surface area contributed by atoms with E-state index in [0.717, 1.165) is 5.56 Å². The van der Waals surface area contributed by atoms with E-state index in [4.69, 9.17) is 21.1 Å². The van der Waals surface area contributed by atoms with Gasteiger partial charge in [-0.2, -0.15) is 0 Å². The number of carbonyl (C=O) groups excluding carboxylic acids is 1. The van der Waals surface area contributed by atoms with Crippen LogP contribution in [0.5, 0.6) is 11.5 Å². The van der Waals surface area contributed by atoms with Gasteiger partial charge < -0.3 is 9.47 Å². The van der Waals surface area contributed by atoms with Gasteiger partial charge in [0.05, 0.1) is 29.0 Å². The van der Waals surface area contributed by atoms with Crippen molar-refractivity contribution in [1.82, 2.24) is 0 Å². The van der Waals surface area contributed by atoms with Crippen LogP contribution in [0.25, 0.3) is 0 Å². The van der Waals surface area contributed by atoms with Crippen molar-refractivity contribution in [3.8, 4) is 11.5 Å². The predicted octanol–water partition coefficient (Wildman–Crippen LogP) is 3.96. The molecule has 0 saturated heterocycles. The number of hydrogen-bond donors (Lipinski definition) is 0. The summed E-state index contributed by atoms with van der Waals surface area (Å²) in [5, 5.41) is 0. The van der Waals surface area contributed by atoms with E-state index in [-0.39, 0.29) is 5.78 Å². The Morgan fingerprint density at radius 3 is 2.47 bits per heavy atom. The standard InChI is InChI=1S/C14H13ClO3S/c1-8-6-12(19-14(8)15)13(16)10-5-4-9(17-2)7-11(10)18-3/h4-7H,1-3H3. The minimum absolute atomic E-state index is 0.0977. The summed E-state index contributed by atoms with van der Waals surface area (Å²) in [5.74, 6) is 1.04. The van der Waals surface area contributed by atoms with E-state index in [1.807, 2.05) is 6.92 Å². The first-order chi connectivity index (χ1) is 9.06. The number of ether oxygens (including phenoxy) is 2. The zero-order chi connectivity index (χ0) is 14.0. The first kappa shape index (κ1) is 13.9. The second kappa shape index (κ2) is 5.63. The highest BCUT2D eigenvalue weighted by Gasteiger charge is 2.18. The Morgan fingerprint density at radius 2 is 1.95 bits per heavy atom. The second-order valence-corrected chi connectivity index (χ2v) is 5.62. The molecule has 100 valence electrons. The number of methoxy groups -OCH3 is 2. The van der Waals surface area contributed by atoms with Crippen LogP contribution < -0.4 is 9.47 Å². The maximum atomic E-state index is 12.4. The zero-order valence-corrected chi connectivity index (χ0v) is 12.4. The van der Waals surface area contributed by atoms with Crippen LogP contribution in [0.2, 0.25) is 4.34 Å². The van der Waals surface area contributed by atoms with E-state index in [2.05, 4.69) is 0 Å². The maximum Gasteiger partial charge on any atom is 0.206 e. The molecule has 0 spiro atoms. The van der Waals surface area contributed by atoms with Gasteiger partial charge in [-0.05, 0) is 30.7 Å². The Bertz CT molecular complexity index is 600. The van der Waals surface area contributed by atoms with Crippen LogP contribution in [0.3, 0.4) is 0 Å². The van der Waals surface area contributed by atoms with Crippen LogP contribution in [0.1, 0.15) is 20.8 Å². The number of aryl methyl sites for hydroxylation is 1. The van der Waals surface area contributed by atoms with E-state index in [1.54, 1.807) is 31.4 Å². The molecule has 0 amide bonds. The molecule has 1 aromatic carbocycles. The smallest absolute Gasteiger partial charge is 0.206 e. The molecular formula is C14H13ClO3S. The van der Waals surface area contributed by atoms with Gasteiger partial charge in [0.25, 0.3) is 0 Å². The molecule has 0 N–H and O–H groups in total. The highest BCUT2D eigenvalue weighted by Crippen LogP contribution is 2.32. The Kier molecular flexibility index (Phi) is 4.12. The van der Waals surface area contributed by atoms with Crippen molar-refractivity contribution >= 4 is 28.7 Å². The van der Waals surface area contributed by atoms with Crippen molar-refractivity contribution in [1.29, 1.82) is 0 Å². The first-order valence-corrected chi connectivity index (χ1v) is 6.79. The SMILES string of the molecule is COc1ccc(C(=O)c2cc(C)c(Cl)s2)c(OC)c1. The quantitative estimate of drug-likeness (QED) is 0.801. The van der Waals surface area contributed by atoms with Crippen LogP contribution in [0, 0.1) is 6.92 Å². The van der Waals surface area contributed by atoms with E-state index >= 15 is 0 Å². The van der Waals surface area contributed by atoms with Gasteiger partial charge in [0.2, 0.25) is 5.78 Å². The van der Waals surface area contributed by atoms with E-state index in [9.17, 15) is 4.79 Å². The molecule has 0 aliphatic heterocycles. The Morgan fingerprint density at radius 1 is 1.21 bits per heavy atom. The molecule has 0 aliphatic carbocycles. The van der Waals surface area contributed by atoms with Gasteiger partial charge in [-0.1, -0.05) is 11.6 Å². The van der Waals surface area contributed by atoms with Crippen molar-refractivity contribution in [2.24, 2.45) is 0 Å². The molecule has 2 aromatic rings. The molecule has 0 atom stereocenters. The van der Waals surface area contributed by atoms with Gasteiger partial charge in [-0.25, -0.2) is 0 Å². The fourth-order valence-corrected chi connectivity index (χ4v) is 2.85. The van der Waals surface area contributed by atoms with Crippen LogP contribution in [-0.2, 0) is 0 Å². The van der Waals surface area contributed by atoms with Crippen molar-refractivity contribution in [2.75, 3.05) is 14.2 Å². The average Bonchev–Trinajstić information content (AvgIpc) is 2.77. The fourth-order valence-electron chi connectivity index (χ4n) is 1.69. The lowest BCUT2D eigenvalue weighted by Gasteiger charge is -2.08. The van der Waals surface area contributed by atoms with Gasteiger partial charge in [0.1, 0.15) is 11.5 Å². The number of hydrogen-bond acceptors (Lipinski definition) is 4. The van der Waals surface area contributed by atoms with Crippen LogP contribution in [-0.4, -0.2) is 20.0 Å². The second-order valence-electron chi connectivity index (χ2n) is 3.96. The van der Waals surface area contributed by atoms with Crippen LogP contribution in [0.4, 0.5) is 0 Å². The Hall–Kier alpha value is -1.52. The van der Waals surface area contributed by atoms with Gasteiger partial charge in [-0.3, -0.25) is 4.79 Å². The molecule has 19 heavy (non-hydrogen) atoms. The van der Waals surface area contributed by atoms with Crippen LogP contribution >= 0.6 is 22.9 Å². The predicted molar refractivity (Wildman–Crippen MR) is 77.0 cm³/mol. The first-order valence-electron chi connectivity index (χ1n) is 5.59. The molecule has 5 heteroatoms. The lowest BCUT2D eigenvalue weighted by Crippen LogP contribution is -2.02. The van der Waals surface area contributed by atoms with Crippen molar-refractivity contribution in [3.63, 3.8) is 0 Å². The summed E-state index contributed by atoms with van der Waals surface area (Å²) in [6.07, 6.45) is 0. The van der Waals surface area contributed by atoms with Gasteiger partial charge in [0, 0.05) is 6.07 Å². The number of benzene rings is 1. The van der Waals surface area contributed by atoms with E-state index < -0.39 is 0 Å². The molecule has 0 bridgehead atoms. The summed E-state index contributed by atoms with van der Waals surface area (Å²) < 4.78 is 11.0. The van der Waals surface area contributed by atoms with E-state index in [1.165, 1.54) is 18.4 Å². The zero-order valence-electron chi connectivity index (χ0n) is 10.8. The summed E-state index contributed by atoms with van der Waals surface area (Å²) in [7, 11) is 3.09. The number of carbonyl (C=O) groups is 1. The van der Waals surface area contributed by atoms with Gasteiger partial charge >= 0.3 is 0 Å². The fraction of sp³-hybridized carbons (Fsp3) is 0.214. The lowest BCUT2D eigenvalue weighted by molar-refractivity contribution is 0.103. The van der Waals surface area contributed by atoms with Gasteiger partial charge in [-0.15, -0.1) is 11.3 Å². The summed E-state index contributed by atoms with van der Waals surface area (Å²) in [6, 6.07) is 6.91. The normalized spacial score (nSPS) is 10.3. The van der Waals surface area contributed by atoms with Gasteiger partial charge in [0.15, 0.2) is 0 Å². The molecule has 0 aliphatic rings. The molecule has 1 heterocycles. The maximum absolute atomic E-state index is 12.4. The Balaban J connectivity index is 2.43.